The zero-order valence-corrected chi connectivity index (χ0v) is 55.8. The van der Waals surface area contributed by atoms with Gasteiger partial charge in [0, 0.05) is 100 Å². The number of anilines is 5. The molecule has 0 amide bonds. The van der Waals surface area contributed by atoms with Gasteiger partial charge in [0.2, 0.25) is 23.8 Å². The Hall–Kier alpha value is -7.00. The van der Waals surface area contributed by atoms with Gasteiger partial charge in [0.15, 0.2) is 11.0 Å². The summed E-state index contributed by atoms with van der Waals surface area (Å²) in [6, 6.07) is 14.0. The fourth-order valence-electron chi connectivity index (χ4n) is 9.72. The minimum Gasteiger partial charge on any atom is -0.495 e. The highest BCUT2D eigenvalue weighted by atomic mass is 35.5. The second-order valence-corrected chi connectivity index (χ2v) is 25.2. The first-order chi connectivity index (χ1) is 42.6. The van der Waals surface area contributed by atoms with Crippen molar-refractivity contribution in [3.05, 3.63) is 128 Å². The van der Waals surface area contributed by atoms with Crippen LogP contribution in [0.5, 0.6) is 23.0 Å². The summed E-state index contributed by atoms with van der Waals surface area (Å²) >= 11 is 54.5. The number of thiophene rings is 2. The summed E-state index contributed by atoms with van der Waals surface area (Å²) < 4.78 is 22.0. The van der Waals surface area contributed by atoms with Gasteiger partial charge in [-0.25, -0.2) is 29.9 Å². The number of nitrogens with zero attached hydrogens (tertiary/aromatic N) is 9. The number of aromatic nitrogens is 9. The van der Waals surface area contributed by atoms with Crippen LogP contribution in [0.3, 0.4) is 0 Å². The van der Waals surface area contributed by atoms with Crippen LogP contribution >= 0.6 is 127 Å². The summed E-state index contributed by atoms with van der Waals surface area (Å²) in [5, 5.41) is 12.3. The number of methoxy groups -OCH3 is 1. The number of thioether (sulfide) groups is 1. The zero-order chi connectivity index (χ0) is 63.7. The van der Waals surface area contributed by atoms with Crippen LogP contribution in [0.15, 0.2) is 66.8 Å². The van der Waals surface area contributed by atoms with E-state index in [2.05, 4.69) is 68.6 Å². The maximum absolute atomic E-state index is 6.55. The summed E-state index contributed by atoms with van der Waals surface area (Å²) in [6.07, 6.45) is 4.01. The van der Waals surface area contributed by atoms with E-state index in [1.54, 1.807) is 43.4 Å². The predicted molar refractivity (Wildman–Crippen MR) is 368 cm³/mol. The van der Waals surface area contributed by atoms with E-state index in [0.717, 1.165) is 88.7 Å². The van der Waals surface area contributed by atoms with E-state index >= 15 is 0 Å². The van der Waals surface area contributed by atoms with E-state index in [0.29, 0.717) is 135 Å². The lowest BCUT2D eigenvalue weighted by atomic mass is 10.00. The third kappa shape index (κ3) is 13.7. The molecule has 12 N–H and O–H groups in total. The average Bonchev–Trinajstić information content (AvgIpc) is 1.82. The molecule has 0 saturated heterocycles. The van der Waals surface area contributed by atoms with Crippen molar-refractivity contribution in [1.29, 1.82) is 0 Å². The summed E-state index contributed by atoms with van der Waals surface area (Å²) in [5.74, 6) is 4.21. The van der Waals surface area contributed by atoms with Crippen molar-refractivity contribution in [1.82, 2.24) is 50.2 Å². The van der Waals surface area contributed by atoms with Crippen LogP contribution in [0.1, 0.15) is 33.4 Å². The number of halogens is 8. The molecule has 6 aromatic heterocycles. The molecule has 9 heterocycles. The highest BCUT2D eigenvalue weighted by molar-refractivity contribution is 7.98. The molecule has 0 bridgehead atoms. The molecule has 3 aliphatic rings. The van der Waals surface area contributed by atoms with Crippen molar-refractivity contribution in [2.24, 2.45) is 5.73 Å². The molecule has 20 nitrogen and oxygen atoms in total. The third-order valence-corrected chi connectivity index (χ3v) is 18.6. The lowest BCUT2D eigenvalue weighted by Gasteiger charge is -2.12. The Bertz CT molecular complexity index is 4480. The second-order valence-electron chi connectivity index (χ2n) is 19.1. The Kier molecular flexibility index (Phi) is 20.2. The van der Waals surface area contributed by atoms with E-state index in [1.165, 1.54) is 41.5 Å². The highest BCUT2D eigenvalue weighted by Gasteiger charge is 2.29. The molecule has 0 unspecified atom stereocenters. The minimum atomic E-state index is 0.138. The number of rotatable bonds is 11. The van der Waals surface area contributed by atoms with Crippen LogP contribution in [-0.4, -0.2) is 91.6 Å². The van der Waals surface area contributed by atoms with Crippen LogP contribution in [0.25, 0.3) is 77.0 Å². The third-order valence-electron chi connectivity index (χ3n) is 13.5. The number of nitrogens with one attached hydrogen (secondary N) is 2. The van der Waals surface area contributed by atoms with E-state index in [-0.39, 0.29) is 23.8 Å². The molecule has 460 valence electrons. The molecule has 0 atom stereocenters. The van der Waals surface area contributed by atoms with Gasteiger partial charge in [0.1, 0.15) is 38.5 Å². The van der Waals surface area contributed by atoms with Crippen LogP contribution in [0.2, 0.25) is 40.2 Å². The summed E-state index contributed by atoms with van der Waals surface area (Å²) in [7, 11) is 3.29. The summed E-state index contributed by atoms with van der Waals surface area (Å²) in [5.41, 5.74) is 38.2. The van der Waals surface area contributed by atoms with Gasteiger partial charge >= 0.3 is 0 Å². The molecule has 13 rings (SSSR count). The molecule has 0 fully saturated rings. The second kappa shape index (κ2) is 27.6. The Labute approximate surface area is 561 Å². The molecule has 31 heteroatoms. The molecular weight excluding hydrogens is 1360 g/mol. The summed E-state index contributed by atoms with van der Waals surface area (Å²) in [4.78, 5) is 41.6. The quantitative estimate of drug-likeness (QED) is 0.0592. The first-order valence-electron chi connectivity index (χ1n) is 26.4. The normalized spacial score (nSPS) is 12.4. The smallest absolute Gasteiger partial charge is 0.224 e. The van der Waals surface area contributed by atoms with Gasteiger partial charge in [-0.05, 0) is 55.6 Å². The number of hydrogen-bond acceptors (Lipinski definition) is 23. The van der Waals surface area contributed by atoms with Crippen LogP contribution in [0, 0.1) is 0 Å². The maximum atomic E-state index is 6.55. The highest BCUT2D eigenvalue weighted by Crippen LogP contribution is 2.49. The predicted octanol–water partition coefficient (Wildman–Crippen LogP) is 15.0. The number of benzene rings is 4. The molecule has 10 aromatic rings. The number of fused-ring (bicyclic) bond motifs is 5. The van der Waals surface area contributed by atoms with Crippen molar-refractivity contribution in [2.75, 3.05) is 75.0 Å². The van der Waals surface area contributed by atoms with Crippen molar-refractivity contribution in [2.45, 2.75) is 31.3 Å². The minimum absolute atomic E-state index is 0.138. The Morgan fingerprint density at radius 3 is 1.54 bits per heavy atom. The standard InChI is InChI=1S/C18H16Cl2N4OS.C16H12Cl2N4OS.C13H12Cl2N4O.C11H10Cl2N4OS/c1-3-22-8(2)13-6-10-15(23-18(21)24-17(10)26-13)14-9-4-5-25-16(9)12(20)7-11(14)19;1-6(19)11-4-8-13(21-16(20)22-15(8)24-11)12-7-2-3-23-14(7)10(18)5-9(12)17;1-17-10-5-9(18-13(16)19-10)11-6-2-3-20-12(6)8(15)4-7(11)14;1-18-8-3-5(6(12)4-7(8)13)9-15-10(14)17-11(16-9)19-2/h6-7,22H,2-5H2,1H3,(H2,21,23,24);4-5H,1-3,19H2,(H2,20,21,22);4-5H,2-3H2,1H3,(H3,16,17,18,19);3-4H,1-2H3,(H2,14,15,16,17). The van der Waals surface area contributed by atoms with Gasteiger partial charge in [-0.2, -0.15) is 15.0 Å². The SMILES string of the molecule is C=C(N)c1cc2c(-c3c(Cl)cc(Cl)c4c3CCO4)nc(N)nc2s1.C=C(NCC)c1cc2c(-c3c(Cl)cc(Cl)c4c3CCO4)nc(N)nc2s1.CNc1cc(-c2c(Cl)cc(Cl)c3c2CCO3)nc(N)n1.COc1cc(-c2nc(N)nc(SC)n2)c(Cl)cc1Cl. The van der Waals surface area contributed by atoms with Crippen LogP contribution < -0.4 is 58.2 Å². The Balaban J connectivity index is 0.000000132. The van der Waals surface area contributed by atoms with E-state index in [1.807, 2.05) is 25.3 Å². The molecule has 4 aromatic carbocycles. The number of ether oxygens (including phenoxy) is 4. The van der Waals surface area contributed by atoms with Crippen LogP contribution in [-0.2, 0) is 19.3 Å². The van der Waals surface area contributed by atoms with Gasteiger partial charge in [-0.1, -0.05) is 118 Å². The molecule has 0 spiro atoms. The molecule has 0 aliphatic carbocycles. The molecule has 89 heavy (non-hydrogen) atoms. The zero-order valence-electron chi connectivity index (χ0n) is 47.3. The largest absolute Gasteiger partial charge is 0.495 e. The van der Waals surface area contributed by atoms with Gasteiger partial charge in [-0.15, -0.1) is 22.7 Å². The van der Waals surface area contributed by atoms with Crippen molar-refractivity contribution >= 4 is 189 Å². The van der Waals surface area contributed by atoms with Crippen molar-refractivity contribution < 1.29 is 18.9 Å². The number of nitrogens with two attached hydrogens (primary N) is 5. The first kappa shape index (κ1) is 65.0. The molecule has 0 saturated carbocycles. The number of nitrogen functional groups attached to an aromatic ring is 4. The lowest BCUT2D eigenvalue weighted by molar-refractivity contribution is 0.357. The molecule has 0 radical (unpaired) electrons. The van der Waals surface area contributed by atoms with Crippen molar-refractivity contribution in [3.63, 3.8) is 0 Å². The lowest BCUT2D eigenvalue weighted by Crippen LogP contribution is -2.08. The van der Waals surface area contributed by atoms with Gasteiger partial charge < -0.3 is 58.2 Å². The van der Waals surface area contributed by atoms with Gasteiger partial charge in [0.05, 0.1) is 93.9 Å². The first-order valence-corrected chi connectivity index (χ1v) is 32.3. The van der Waals surface area contributed by atoms with Crippen LogP contribution in [0.4, 0.5) is 29.6 Å². The van der Waals surface area contributed by atoms with Crippen molar-refractivity contribution in [3.8, 4) is 68.2 Å². The Morgan fingerprint density at radius 2 is 1.04 bits per heavy atom. The summed E-state index contributed by atoms with van der Waals surface area (Å²) in [6.45, 7) is 12.4. The Morgan fingerprint density at radius 1 is 0.573 bits per heavy atom. The fraction of sp³-hybridized carbons (Fsp3) is 0.190. The molecular formula is C58H50Cl8N16O4S3. The fourth-order valence-corrected chi connectivity index (χ4v) is 14.5. The van der Waals surface area contributed by atoms with E-state index in [4.69, 9.17) is 140 Å². The van der Waals surface area contributed by atoms with E-state index in [9.17, 15) is 0 Å². The topological polar surface area (TPSA) is 307 Å². The van der Waals surface area contributed by atoms with Gasteiger partial charge in [0.25, 0.3) is 0 Å². The maximum Gasteiger partial charge on any atom is 0.224 e. The monoisotopic (exact) mass is 1410 g/mol. The van der Waals surface area contributed by atoms with Gasteiger partial charge in [-0.3, -0.25) is 0 Å². The number of hydrogen-bond donors (Lipinski definition) is 7. The molecule has 3 aliphatic heterocycles. The van der Waals surface area contributed by atoms with E-state index < -0.39 is 0 Å². The average molecular weight is 1410 g/mol.